The molecule has 0 saturated carbocycles. The van der Waals surface area contributed by atoms with Crippen molar-refractivity contribution in [2.45, 2.75) is 6.04 Å². The predicted molar refractivity (Wildman–Crippen MR) is 70.2 cm³/mol. The van der Waals surface area contributed by atoms with Crippen LogP contribution in [0, 0.1) is 0 Å². The highest BCUT2D eigenvalue weighted by molar-refractivity contribution is 7.80. The molecule has 0 aromatic rings. The lowest BCUT2D eigenvalue weighted by Gasteiger charge is -2.24. The van der Waals surface area contributed by atoms with Crippen LogP contribution in [0.4, 0.5) is 9.59 Å². The maximum absolute atomic E-state index is 11.6. The molecular formula is C11H15NO6S. The highest BCUT2D eigenvalue weighted by Gasteiger charge is 2.36. The van der Waals surface area contributed by atoms with Crippen molar-refractivity contribution in [1.82, 2.24) is 4.90 Å². The number of carbonyl (C=O) groups excluding carboxylic acids is 2. The average molecular weight is 289 g/mol. The van der Waals surface area contributed by atoms with Gasteiger partial charge in [0, 0.05) is 5.75 Å². The van der Waals surface area contributed by atoms with Crippen molar-refractivity contribution < 1.29 is 29.0 Å². The summed E-state index contributed by atoms with van der Waals surface area (Å²) in [4.78, 5) is 34.6. The fourth-order valence-corrected chi connectivity index (χ4v) is 1.32. The minimum Gasteiger partial charge on any atom is -0.480 e. The van der Waals surface area contributed by atoms with Crippen LogP contribution in [-0.2, 0) is 14.3 Å². The molecule has 1 N–H and O–H groups in total. The molecule has 0 aromatic heterocycles. The van der Waals surface area contributed by atoms with Crippen molar-refractivity contribution in [3.8, 4) is 0 Å². The number of amides is 2. The molecule has 0 bridgehead atoms. The first-order valence-corrected chi connectivity index (χ1v) is 5.81. The summed E-state index contributed by atoms with van der Waals surface area (Å²) in [6.07, 6.45) is 0.273. The highest BCUT2D eigenvalue weighted by Crippen LogP contribution is 2.08. The van der Waals surface area contributed by atoms with Crippen LogP contribution in [0.1, 0.15) is 0 Å². The van der Waals surface area contributed by atoms with Crippen molar-refractivity contribution in [3.05, 3.63) is 25.3 Å². The predicted octanol–water partition coefficient (Wildman–Crippen LogP) is 1.32. The second-order valence-corrected chi connectivity index (χ2v) is 3.50. The zero-order valence-electron chi connectivity index (χ0n) is 10.2. The summed E-state index contributed by atoms with van der Waals surface area (Å²) in [6.45, 7) is 6.33. The van der Waals surface area contributed by atoms with Crippen LogP contribution in [0.3, 0.4) is 0 Å². The SMILES string of the molecule is C=CCOC(=O)N(C(=O)OCC=C)[C@H](CS)C(=O)O. The third-order valence-electron chi connectivity index (χ3n) is 1.81. The molecule has 0 aliphatic carbocycles. The Bertz CT molecular complexity index is 346. The van der Waals surface area contributed by atoms with E-state index in [9.17, 15) is 14.4 Å². The van der Waals surface area contributed by atoms with E-state index in [0.717, 1.165) is 0 Å². The normalized spacial score (nSPS) is 11.0. The summed E-state index contributed by atoms with van der Waals surface area (Å²) in [5, 5.41) is 8.95. The fourth-order valence-electron chi connectivity index (χ4n) is 0.999. The second-order valence-electron chi connectivity index (χ2n) is 3.14. The molecule has 0 aliphatic heterocycles. The van der Waals surface area contributed by atoms with E-state index in [4.69, 9.17) is 5.11 Å². The Kier molecular flexibility index (Phi) is 8.10. The molecule has 106 valence electrons. The van der Waals surface area contributed by atoms with Gasteiger partial charge >= 0.3 is 18.2 Å². The molecule has 0 fully saturated rings. The molecule has 8 heteroatoms. The van der Waals surface area contributed by atoms with Gasteiger partial charge in [-0.3, -0.25) is 0 Å². The molecule has 0 aromatic carbocycles. The van der Waals surface area contributed by atoms with E-state index in [1.165, 1.54) is 12.2 Å². The van der Waals surface area contributed by atoms with Crippen molar-refractivity contribution in [3.63, 3.8) is 0 Å². The van der Waals surface area contributed by atoms with Crippen LogP contribution in [0.5, 0.6) is 0 Å². The number of rotatable bonds is 7. The van der Waals surface area contributed by atoms with Gasteiger partial charge in [-0.25, -0.2) is 14.4 Å². The minimum absolute atomic E-state index is 0.164. The fraction of sp³-hybridized carbons (Fsp3) is 0.364. The quantitative estimate of drug-likeness (QED) is 0.542. The lowest BCUT2D eigenvalue weighted by atomic mass is 10.3. The summed E-state index contributed by atoms with van der Waals surface area (Å²) in [5.74, 6) is -1.68. The van der Waals surface area contributed by atoms with E-state index >= 15 is 0 Å². The third kappa shape index (κ3) is 5.47. The first-order chi connectivity index (χ1) is 8.99. The Morgan fingerprint density at radius 3 is 1.84 bits per heavy atom. The summed E-state index contributed by atoms with van der Waals surface area (Å²) in [6, 6.07) is -1.49. The number of aliphatic carboxylic acids is 1. The van der Waals surface area contributed by atoms with Crippen LogP contribution >= 0.6 is 12.6 Å². The van der Waals surface area contributed by atoms with Gasteiger partial charge in [-0.2, -0.15) is 17.5 Å². The monoisotopic (exact) mass is 289 g/mol. The smallest absolute Gasteiger partial charge is 0.420 e. The van der Waals surface area contributed by atoms with E-state index in [0.29, 0.717) is 4.90 Å². The van der Waals surface area contributed by atoms with E-state index in [2.05, 4.69) is 35.3 Å². The van der Waals surface area contributed by atoms with Gasteiger partial charge in [0.1, 0.15) is 13.2 Å². The van der Waals surface area contributed by atoms with E-state index in [1.54, 1.807) is 0 Å². The molecule has 0 radical (unpaired) electrons. The maximum Gasteiger partial charge on any atom is 0.420 e. The lowest BCUT2D eigenvalue weighted by Crippen LogP contribution is -2.50. The van der Waals surface area contributed by atoms with Crippen LogP contribution < -0.4 is 0 Å². The maximum atomic E-state index is 11.6. The molecule has 2 amide bonds. The summed E-state index contributed by atoms with van der Waals surface area (Å²) in [5.41, 5.74) is 0. The van der Waals surface area contributed by atoms with Gasteiger partial charge < -0.3 is 14.6 Å². The molecule has 0 unspecified atom stereocenters. The zero-order chi connectivity index (χ0) is 14.8. The Balaban J connectivity index is 5.04. The molecule has 1 atom stereocenters. The number of nitrogens with zero attached hydrogens (tertiary/aromatic N) is 1. The van der Waals surface area contributed by atoms with Crippen molar-refractivity contribution in [1.29, 1.82) is 0 Å². The summed E-state index contributed by atoms with van der Waals surface area (Å²) < 4.78 is 9.26. The molecule has 0 spiro atoms. The van der Waals surface area contributed by atoms with Gasteiger partial charge in [0.25, 0.3) is 0 Å². The number of hydrogen-bond acceptors (Lipinski definition) is 6. The van der Waals surface area contributed by atoms with Gasteiger partial charge in [-0.1, -0.05) is 25.3 Å². The molecule has 19 heavy (non-hydrogen) atoms. The number of thiol groups is 1. The summed E-state index contributed by atoms with van der Waals surface area (Å²) >= 11 is 3.79. The van der Waals surface area contributed by atoms with Gasteiger partial charge in [-0.15, -0.1) is 0 Å². The van der Waals surface area contributed by atoms with Crippen molar-refractivity contribution >= 4 is 30.8 Å². The van der Waals surface area contributed by atoms with E-state index < -0.39 is 24.2 Å². The topological polar surface area (TPSA) is 93.1 Å². The largest absolute Gasteiger partial charge is 0.480 e. The molecule has 7 nitrogen and oxygen atoms in total. The molecule has 0 rings (SSSR count). The first-order valence-electron chi connectivity index (χ1n) is 5.17. The average Bonchev–Trinajstić information content (AvgIpc) is 2.38. The van der Waals surface area contributed by atoms with Gasteiger partial charge in [0.2, 0.25) is 0 Å². The zero-order valence-corrected chi connectivity index (χ0v) is 11.0. The number of ether oxygens (including phenoxy) is 2. The van der Waals surface area contributed by atoms with Crippen LogP contribution in [0.25, 0.3) is 0 Å². The Labute approximate surface area is 115 Å². The number of hydrogen-bond donors (Lipinski definition) is 2. The van der Waals surface area contributed by atoms with Crippen LogP contribution in [0.2, 0.25) is 0 Å². The van der Waals surface area contributed by atoms with Gasteiger partial charge in [-0.05, 0) is 0 Å². The third-order valence-corrected chi connectivity index (χ3v) is 2.16. The Morgan fingerprint density at radius 1 is 1.16 bits per heavy atom. The van der Waals surface area contributed by atoms with E-state index in [1.807, 2.05) is 0 Å². The number of carboxylic acids is 1. The lowest BCUT2D eigenvalue weighted by molar-refractivity contribution is -0.141. The molecular weight excluding hydrogens is 274 g/mol. The first kappa shape index (κ1) is 17.0. The van der Waals surface area contributed by atoms with Crippen LogP contribution in [0.15, 0.2) is 25.3 Å². The van der Waals surface area contributed by atoms with Crippen molar-refractivity contribution in [2.24, 2.45) is 0 Å². The number of imide groups is 1. The summed E-state index contributed by atoms with van der Waals surface area (Å²) in [7, 11) is 0. The minimum atomic E-state index is -1.49. The molecule has 0 aliphatic rings. The standard InChI is InChI=1S/C11H15NO6S/c1-3-5-17-10(15)12(8(7-19)9(13)14)11(16)18-6-4-2/h3-4,8,19H,1-2,5-7H2,(H,13,14)/t8-/m1/s1. The number of carbonyl (C=O) groups is 3. The second kappa shape index (κ2) is 9.03. The molecule has 0 heterocycles. The number of carboxylic acid groups (broad SMARTS) is 1. The van der Waals surface area contributed by atoms with Gasteiger partial charge in [0.15, 0.2) is 6.04 Å². The Morgan fingerprint density at radius 2 is 1.58 bits per heavy atom. The van der Waals surface area contributed by atoms with Crippen LogP contribution in [-0.4, -0.2) is 53.2 Å². The Hall–Kier alpha value is -1.96. The molecule has 0 saturated heterocycles. The van der Waals surface area contributed by atoms with Crippen molar-refractivity contribution in [2.75, 3.05) is 19.0 Å². The van der Waals surface area contributed by atoms with Gasteiger partial charge in [0.05, 0.1) is 0 Å². The highest BCUT2D eigenvalue weighted by atomic mass is 32.1. The van der Waals surface area contributed by atoms with E-state index in [-0.39, 0.29) is 19.0 Å².